The van der Waals surface area contributed by atoms with Crippen LogP contribution < -0.4 is 34.7 Å². The fourth-order valence-corrected chi connectivity index (χ4v) is 2.25. The van der Waals surface area contributed by atoms with Gasteiger partial charge in [0.25, 0.3) is 12.3 Å². The Morgan fingerprint density at radius 2 is 0.897 bits per heavy atom. The molecule has 0 atom stereocenters. The molecule has 0 aliphatic rings. The van der Waals surface area contributed by atoms with Gasteiger partial charge in [0.2, 0.25) is 0 Å². The topological polar surface area (TPSA) is 92.7 Å². The van der Waals surface area contributed by atoms with Gasteiger partial charge in [0.15, 0.2) is 0 Å². The quantitative estimate of drug-likeness (QED) is 0.435. The first-order valence-corrected chi connectivity index (χ1v) is 8.71. The SMILES string of the molecule is O=C(OSOC(=O)c1ccccc1)c1ccccc1.O=C([O-])c1ccccc1.[Na+]. The third-order valence-electron chi connectivity index (χ3n) is 3.25. The third-order valence-corrected chi connectivity index (χ3v) is 3.69. The van der Waals surface area contributed by atoms with E-state index in [-0.39, 0.29) is 35.1 Å². The van der Waals surface area contributed by atoms with Crippen LogP contribution in [0.3, 0.4) is 0 Å². The van der Waals surface area contributed by atoms with Crippen molar-refractivity contribution in [1.29, 1.82) is 0 Å². The number of hydrogen-bond donors (Lipinski definition) is 0. The first kappa shape index (κ1) is 24.5. The molecule has 0 fully saturated rings. The van der Waals surface area contributed by atoms with Gasteiger partial charge < -0.3 is 18.3 Å². The van der Waals surface area contributed by atoms with Gasteiger partial charge >= 0.3 is 41.5 Å². The van der Waals surface area contributed by atoms with E-state index in [9.17, 15) is 19.5 Å². The van der Waals surface area contributed by atoms with Crippen LogP contribution in [0, 0.1) is 0 Å². The van der Waals surface area contributed by atoms with Gasteiger partial charge in [-0.3, -0.25) is 0 Å². The Kier molecular flexibility index (Phi) is 11.4. The van der Waals surface area contributed by atoms with E-state index in [1.165, 1.54) is 12.1 Å². The molecular formula is C21H15NaO6S. The van der Waals surface area contributed by atoms with Crippen LogP contribution in [-0.4, -0.2) is 17.9 Å². The van der Waals surface area contributed by atoms with E-state index in [0.717, 1.165) is 0 Å². The molecule has 3 aromatic rings. The van der Waals surface area contributed by atoms with Crippen LogP contribution >= 0.6 is 12.3 Å². The molecule has 0 aliphatic heterocycles. The fourth-order valence-electron chi connectivity index (χ4n) is 1.90. The van der Waals surface area contributed by atoms with Crippen LogP contribution in [0.15, 0.2) is 91.0 Å². The summed E-state index contributed by atoms with van der Waals surface area (Å²) in [6, 6.07) is 25.0. The molecule has 8 heteroatoms. The average molecular weight is 418 g/mol. The standard InChI is InChI=1S/C14H10O4S.C7H6O2.Na/c15-13(11-7-3-1-4-8-11)17-19-18-14(16)12-9-5-2-6-10-12;8-7(9)6-4-2-1-3-5-6;/h1-10H;1-5H,(H,8,9);/q;;+1/p-1. The van der Waals surface area contributed by atoms with Gasteiger partial charge in [-0.2, -0.15) is 0 Å². The zero-order valence-electron chi connectivity index (χ0n) is 15.5. The number of carbonyl (C=O) groups is 3. The number of hydrogen-bond acceptors (Lipinski definition) is 7. The molecule has 3 aromatic carbocycles. The molecule has 0 radical (unpaired) electrons. The Morgan fingerprint density at radius 1 is 0.586 bits per heavy atom. The summed E-state index contributed by atoms with van der Waals surface area (Å²) in [5, 5.41) is 10.1. The number of carboxylic acid groups (broad SMARTS) is 1. The molecule has 6 nitrogen and oxygen atoms in total. The molecule has 0 N–H and O–H groups in total. The van der Waals surface area contributed by atoms with Gasteiger partial charge in [-0.15, -0.1) is 0 Å². The van der Waals surface area contributed by atoms with Gasteiger partial charge in [-0.05, 0) is 29.8 Å². The zero-order valence-corrected chi connectivity index (χ0v) is 18.3. The monoisotopic (exact) mass is 418 g/mol. The minimum Gasteiger partial charge on any atom is -0.545 e. The molecule has 0 spiro atoms. The van der Waals surface area contributed by atoms with Gasteiger partial charge in [0.1, 0.15) is 0 Å². The van der Waals surface area contributed by atoms with Crippen LogP contribution in [-0.2, 0) is 8.37 Å². The molecule has 29 heavy (non-hydrogen) atoms. The Hall–Kier alpha value is -2.58. The van der Waals surface area contributed by atoms with E-state index < -0.39 is 17.9 Å². The maximum Gasteiger partial charge on any atom is 1.00 e. The normalized spacial score (nSPS) is 9.10. The number of aromatic carboxylic acids is 1. The molecule has 0 heterocycles. The fraction of sp³-hybridized carbons (Fsp3) is 0. The average Bonchev–Trinajstić information content (AvgIpc) is 2.76. The number of benzene rings is 3. The van der Waals surface area contributed by atoms with Gasteiger partial charge in [-0.25, -0.2) is 9.59 Å². The molecular weight excluding hydrogens is 403 g/mol. The van der Waals surface area contributed by atoms with E-state index >= 15 is 0 Å². The number of rotatable bonds is 5. The van der Waals surface area contributed by atoms with Gasteiger partial charge in [-0.1, -0.05) is 66.7 Å². The molecule has 0 saturated carbocycles. The second-order valence-corrected chi connectivity index (χ2v) is 5.66. The summed E-state index contributed by atoms with van der Waals surface area (Å²) in [5.41, 5.74) is 1.01. The minimum atomic E-state index is -1.13. The summed E-state index contributed by atoms with van der Waals surface area (Å²) >= 11 is 0.360. The largest absolute Gasteiger partial charge is 1.00 e. The van der Waals surface area contributed by atoms with E-state index in [1.807, 2.05) is 0 Å². The summed E-state index contributed by atoms with van der Waals surface area (Å²) in [7, 11) is 0. The third kappa shape index (κ3) is 8.97. The van der Waals surface area contributed by atoms with Crippen molar-refractivity contribution in [3.63, 3.8) is 0 Å². The van der Waals surface area contributed by atoms with Crippen molar-refractivity contribution in [2.75, 3.05) is 0 Å². The van der Waals surface area contributed by atoms with Crippen molar-refractivity contribution in [3.8, 4) is 0 Å². The van der Waals surface area contributed by atoms with E-state index in [4.69, 9.17) is 8.37 Å². The van der Waals surface area contributed by atoms with Crippen molar-refractivity contribution in [2.45, 2.75) is 0 Å². The summed E-state index contributed by atoms with van der Waals surface area (Å²) in [6.07, 6.45) is 0. The number of carbonyl (C=O) groups excluding carboxylic acids is 3. The van der Waals surface area contributed by atoms with Crippen molar-refractivity contribution in [1.82, 2.24) is 0 Å². The summed E-state index contributed by atoms with van der Waals surface area (Å²) in [6.45, 7) is 0. The maximum atomic E-state index is 11.5. The first-order chi connectivity index (χ1) is 13.6. The van der Waals surface area contributed by atoms with Crippen LogP contribution in [0.1, 0.15) is 31.1 Å². The van der Waals surface area contributed by atoms with Crippen LogP contribution in [0.5, 0.6) is 0 Å². The van der Waals surface area contributed by atoms with Gasteiger partial charge in [0, 0.05) is 0 Å². The summed E-state index contributed by atoms with van der Waals surface area (Å²) in [5.74, 6) is -2.26. The summed E-state index contributed by atoms with van der Waals surface area (Å²) < 4.78 is 9.51. The molecule has 0 unspecified atom stereocenters. The number of carboxylic acids is 1. The van der Waals surface area contributed by atoms with Crippen LogP contribution in [0.25, 0.3) is 0 Å². The Labute approximate surface area is 194 Å². The van der Waals surface area contributed by atoms with Crippen molar-refractivity contribution in [3.05, 3.63) is 108 Å². The smallest absolute Gasteiger partial charge is 0.545 e. The van der Waals surface area contributed by atoms with Gasteiger partial charge in [0.05, 0.1) is 17.1 Å². The molecule has 0 amide bonds. The Morgan fingerprint density at radius 3 is 1.17 bits per heavy atom. The Bertz CT molecular complexity index is 853. The van der Waals surface area contributed by atoms with E-state index in [2.05, 4.69) is 0 Å². The van der Waals surface area contributed by atoms with Crippen LogP contribution in [0.2, 0.25) is 0 Å². The van der Waals surface area contributed by atoms with E-state index in [1.54, 1.807) is 78.9 Å². The first-order valence-electron chi connectivity index (χ1n) is 8.04. The maximum absolute atomic E-state index is 11.5. The predicted molar refractivity (Wildman–Crippen MR) is 102 cm³/mol. The summed E-state index contributed by atoms with van der Waals surface area (Å²) in [4.78, 5) is 33.1. The van der Waals surface area contributed by atoms with Crippen molar-refractivity contribution >= 4 is 30.2 Å². The zero-order chi connectivity index (χ0) is 20.2. The van der Waals surface area contributed by atoms with Crippen molar-refractivity contribution in [2.24, 2.45) is 0 Å². The molecule has 0 aliphatic carbocycles. The molecule has 3 rings (SSSR count). The minimum absolute atomic E-state index is 0. The molecule has 0 bridgehead atoms. The second kappa shape index (κ2) is 13.6. The molecule has 0 aromatic heterocycles. The van der Waals surface area contributed by atoms with Crippen molar-refractivity contribution < 1.29 is 57.4 Å². The Balaban J connectivity index is 0.000000355. The predicted octanol–water partition coefficient (Wildman–Crippen LogP) is 0.318. The second-order valence-electron chi connectivity index (χ2n) is 5.20. The molecule has 142 valence electrons. The molecule has 0 saturated heterocycles. The van der Waals surface area contributed by atoms with E-state index in [0.29, 0.717) is 23.5 Å². The van der Waals surface area contributed by atoms with Crippen LogP contribution in [0.4, 0.5) is 0 Å².